The molecule has 1 aliphatic rings. The summed E-state index contributed by atoms with van der Waals surface area (Å²) in [5.41, 5.74) is 1.80. The number of rotatable bonds is 3. The van der Waals surface area contributed by atoms with Crippen LogP contribution >= 0.6 is 12.4 Å². The van der Waals surface area contributed by atoms with Crippen LogP contribution < -0.4 is 0 Å². The molecular formula is C18H17ClFNO2. The van der Waals surface area contributed by atoms with Gasteiger partial charge in [0.1, 0.15) is 12.1 Å². The molecule has 3 nitrogen and oxygen atoms in total. The Hall–Kier alpha value is -2.33. The van der Waals surface area contributed by atoms with E-state index in [2.05, 4.69) is 0 Å². The van der Waals surface area contributed by atoms with Gasteiger partial charge in [-0.1, -0.05) is 42.5 Å². The first kappa shape index (κ1) is 17.0. The molecular weight excluding hydrogens is 317 g/mol. The van der Waals surface area contributed by atoms with Crippen molar-refractivity contribution in [3.63, 3.8) is 0 Å². The second-order valence-corrected chi connectivity index (χ2v) is 5.21. The number of ether oxygens (including phenoxy) is 1. The van der Waals surface area contributed by atoms with E-state index in [9.17, 15) is 9.18 Å². The monoisotopic (exact) mass is 333 g/mol. The van der Waals surface area contributed by atoms with Crippen LogP contribution in [0, 0.1) is 5.82 Å². The van der Waals surface area contributed by atoms with Gasteiger partial charge in [-0.3, -0.25) is 0 Å². The van der Waals surface area contributed by atoms with Crippen molar-refractivity contribution in [3.8, 4) is 0 Å². The lowest BCUT2D eigenvalue weighted by Gasteiger charge is -2.36. The maximum atomic E-state index is 13.1. The van der Waals surface area contributed by atoms with Gasteiger partial charge in [0.15, 0.2) is 6.04 Å². The Morgan fingerprint density at radius 2 is 1.74 bits per heavy atom. The molecule has 0 saturated heterocycles. The van der Waals surface area contributed by atoms with Gasteiger partial charge in [0.25, 0.3) is 0 Å². The highest BCUT2D eigenvalue weighted by atomic mass is 35.5. The summed E-state index contributed by atoms with van der Waals surface area (Å²) < 4.78 is 18.2. The molecule has 3 rings (SSSR count). The van der Waals surface area contributed by atoms with Gasteiger partial charge in [-0.2, -0.15) is 0 Å². The van der Waals surface area contributed by atoms with Crippen molar-refractivity contribution >= 4 is 18.4 Å². The minimum Gasteiger partial charge on any atom is -0.431 e. The van der Waals surface area contributed by atoms with Crippen LogP contribution in [-0.4, -0.2) is 10.9 Å². The molecule has 0 N–H and O–H groups in total. The standard InChI is InChI=1S/C18H16FNO2.ClH/c1-13(14-5-3-2-4-6-14)20-11-12-22-18(21)17(20)15-7-9-16(19)10-8-15;/h2-13,17H,1H3;1H/t13-,17-;/m0./s1. The van der Waals surface area contributed by atoms with Crippen molar-refractivity contribution in [3.05, 3.63) is 84.0 Å². The van der Waals surface area contributed by atoms with E-state index in [1.165, 1.54) is 18.4 Å². The van der Waals surface area contributed by atoms with E-state index in [1.54, 1.807) is 18.3 Å². The summed E-state index contributed by atoms with van der Waals surface area (Å²) in [4.78, 5) is 14.1. The summed E-state index contributed by atoms with van der Waals surface area (Å²) in [5, 5.41) is 0. The fraction of sp³-hybridized carbons (Fsp3) is 0.167. The van der Waals surface area contributed by atoms with Gasteiger partial charge in [-0.05, 0) is 30.2 Å². The number of carbonyl (C=O) groups excluding carboxylic acids is 1. The Bertz CT molecular complexity index is 688. The average molecular weight is 334 g/mol. The number of halogens is 2. The molecule has 23 heavy (non-hydrogen) atoms. The van der Waals surface area contributed by atoms with Crippen LogP contribution in [-0.2, 0) is 9.53 Å². The van der Waals surface area contributed by atoms with E-state index < -0.39 is 6.04 Å². The van der Waals surface area contributed by atoms with E-state index in [0.717, 1.165) is 5.56 Å². The predicted octanol–water partition coefficient (Wildman–Crippen LogP) is 4.38. The second kappa shape index (κ2) is 7.29. The van der Waals surface area contributed by atoms with Crippen LogP contribution in [0.1, 0.15) is 30.1 Å². The molecule has 0 aliphatic carbocycles. The van der Waals surface area contributed by atoms with Gasteiger partial charge in [-0.25, -0.2) is 9.18 Å². The normalized spacial score (nSPS) is 18.1. The van der Waals surface area contributed by atoms with Gasteiger partial charge in [0, 0.05) is 6.20 Å². The third-order valence-electron chi connectivity index (χ3n) is 3.85. The number of hydrogen-bond acceptors (Lipinski definition) is 3. The van der Waals surface area contributed by atoms with Crippen molar-refractivity contribution in [2.75, 3.05) is 0 Å². The second-order valence-electron chi connectivity index (χ2n) is 5.21. The topological polar surface area (TPSA) is 29.5 Å². The van der Waals surface area contributed by atoms with Gasteiger partial charge in [-0.15, -0.1) is 12.4 Å². The molecule has 0 aromatic heterocycles. The molecule has 5 heteroatoms. The molecule has 0 spiro atoms. The molecule has 0 amide bonds. The summed E-state index contributed by atoms with van der Waals surface area (Å²) in [6.45, 7) is 2.02. The van der Waals surface area contributed by atoms with Crippen molar-refractivity contribution in [2.24, 2.45) is 0 Å². The molecule has 0 fully saturated rings. The molecule has 1 heterocycles. The van der Waals surface area contributed by atoms with Crippen molar-refractivity contribution < 1.29 is 13.9 Å². The maximum Gasteiger partial charge on any atom is 0.338 e. The number of carbonyl (C=O) groups is 1. The highest BCUT2D eigenvalue weighted by Gasteiger charge is 2.33. The number of hydrogen-bond donors (Lipinski definition) is 0. The summed E-state index contributed by atoms with van der Waals surface area (Å²) in [6, 6.07) is 15.2. The van der Waals surface area contributed by atoms with E-state index >= 15 is 0 Å². The van der Waals surface area contributed by atoms with Crippen molar-refractivity contribution in [1.82, 2.24) is 4.90 Å². The van der Waals surface area contributed by atoms with Crippen LogP contribution in [0.15, 0.2) is 67.1 Å². The van der Waals surface area contributed by atoms with Crippen LogP contribution in [0.3, 0.4) is 0 Å². The maximum absolute atomic E-state index is 13.1. The summed E-state index contributed by atoms with van der Waals surface area (Å²) in [5.74, 6) is -0.692. The van der Waals surface area contributed by atoms with Gasteiger partial charge >= 0.3 is 5.97 Å². The van der Waals surface area contributed by atoms with Gasteiger partial charge in [0.2, 0.25) is 0 Å². The largest absolute Gasteiger partial charge is 0.431 e. The smallest absolute Gasteiger partial charge is 0.338 e. The molecule has 1 aliphatic heterocycles. The fourth-order valence-corrected chi connectivity index (χ4v) is 2.65. The number of esters is 1. The number of benzene rings is 2. The van der Waals surface area contributed by atoms with E-state index in [1.807, 2.05) is 42.2 Å². The quantitative estimate of drug-likeness (QED) is 0.781. The molecule has 0 unspecified atom stereocenters. The SMILES string of the molecule is C[C@@H](c1ccccc1)N1C=COC(=O)[C@@H]1c1ccc(F)cc1.Cl. The Labute approximate surface area is 140 Å². The first-order valence-corrected chi connectivity index (χ1v) is 7.12. The molecule has 2 aromatic carbocycles. The summed E-state index contributed by atoms with van der Waals surface area (Å²) >= 11 is 0. The lowest BCUT2D eigenvalue weighted by atomic mass is 10.00. The van der Waals surface area contributed by atoms with E-state index in [-0.39, 0.29) is 30.2 Å². The zero-order valence-corrected chi connectivity index (χ0v) is 13.4. The molecule has 120 valence electrons. The third-order valence-corrected chi connectivity index (χ3v) is 3.85. The van der Waals surface area contributed by atoms with Crippen LogP contribution in [0.2, 0.25) is 0 Å². The summed E-state index contributed by atoms with van der Waals surface area (Å²) in [7, 11) is 0. The Morgan fingerprint density at radius 3 is 2.39 bits per heavy atom. The number of nitrogens with zero attached hydrogens (tertiary/aromatic N) is 1. The highest BCUT2D eigenvalue weighted by molar-refractivity contribution is 5.85. The van der Waals surface area contributed by atoms with Crippen molar-refractivity contribution in [2.45, 2.75) is 19.0 Å². The zero-order chi connectivity index (χ0) is 15.5. The van der Waals surface area contributed by atoms with E-state index in [0.29, 0.717) is 5.56 Å². The average Bonchev–Trinajstić information content (AvgIpc) is 2.56. The van der Waals surface area contributed by atoms with Crippen LogP contribution in [0.4, 0.5) is 4.39 Å². The van der Waals surface area contributed by atoms with E-state index in [4.69, 9.17) is 4.74 Å². The zero-order valence-electron chi connectivity index (χ0n) is 12.6. The first-order valence-electron chi connectivity index (χ1n) is 7.12. The van der Waals surface area contributed by atoms with Crippen molar-refractivity contribution in [1.29, 1.82) is 0 Å². The Morgan fingerprint density at radius 1 is 1.09 bits per heavy atom. The molecule has 0 bridgehead atoms. The highest BCUT2D eigenvalue weighted by Crippen LogP contribution is 2.34. The van der Waals surface area contributed by atoms with Gasteiger partial charge < -0.3 is 9.64 Å². The Kier molecular flexibility index (Phi) is 5.40. The van der Waals surface area contributed by atoms with Gasteiger partial charge in [0.05, 0.1) is 6.04 Å². The first-order chi connectivity index (χ1) is 10.7. The third kappa shape index (κ3) is 3.54. The molecule has 2 atom stereocenters. The number of cyclic esters (lactones) is 1. The molecule has 0 saturated carbocycles. The summed E-state index contributed by atoms with van der Waals surface area (Å²) in [6.07, 6.45) is 3.15. The predicted molar refractivity (Wildman–Crippen MR) is 88.3 cm³/mol. The minimum absolute atomic E-state index is 0. The van der Waals surface area contributed by atoms with Crippen LogP contribution in [0.5, 0.6) is 0 Å². The molecule has 0 radical (unpaired) electrons. The lowest BCUT2D eigenvalue weighted by Crippen LogP contribution is -2.35. The minimum atomic E-state index is -0.583. The lowest BCUT2D eigenvalue weighted by molar-refractivity contribution is -0.146. The fourth-order valence-electron chi connectivity index (χ4n) is 2.65. The Balaban J connectivity index is 0.00000192. The van der Waals surface area contributed by atoms with Crippen LogP contribution in [0.25, 0.3) is 0 Å². The molecule has 2 aromatic rings.